The Morgan fingerprint density at radius 1 is 1.26 bits per heavy atom. The van der Waals surface area contributed by atoms with E-state index in [1.165, 1.54) is 19.5 Å². The first-order chi connectivity index (χ1) is 10.7. The second kappa shape index (κ2) is 6.10. The molecule has 1 aliphatic carbocycles. The SMILES string of the molecule is COC(=O)c1cncc2c1C(C)CC(C(=O)OC(C)(C)C)C2=O. The van der Waals surface area contributed by atoms with Crippen LogP contribution in [0.1, 0.15) is 66.3 Å². The molecule has 23 heavy (non-hydrogen) atoms. The smallest absolute Gasteiger partial charge is 0.339 e. The molecule has 6 nitrogen and oxygen atoms in total. The van der Waals surface area contributed by atoms with Crippen molar-refractivity contribution in [2.75, 3.05) is 7.11 Å². The number of ether oxygens (including phenoxy) is 2. The number of pyridine rings is 1. The highest BCUT2D eigenvalue weighted by Crippen LogP contribution is 2.37. The van der Waals surface area contributed by atoms with E-state index >= 15 is 0 Å². The summed E-state index contributed by atoms with van der Waals surface area (Å²) in [7, 11) is 1.28. The van der Waals surface area contributed by atoms with Crippen LogP contribution in [0.2, 0.25) is 0 Å². The predicted octanol–water partition coefficient (Wildman–Crippen LogP) is 2.52. The predicted molar refractivity (Wildman–Crippen MR) is 82.3 cm³/mol. The molecule has 1 heterocycles. The molecule has 0 aromatic carbocycles. The van der Waals surface area contributed by atoms with Crippen LogP contribution < -0.4 is 0 Å². The summed E-state index contributed by atoms with van der Waals surface area (Å²) in [4.78, 5) is 40.8. The lowest BCUT2D eigenvalue weighted by atomic mass is 9.76. The summed E-state index contributed by atoms with van der Waals surface area (Å²) in [6.45, 7) is 7.14. The van der Waals surface area contributed by atoms with Crippen LogP contribution in [-0.4, -0.2) is 35.4 Å². The monoisotopic (exact) mass is 319 g/mol. The van der Waals surface area contributed by atoms with Crippen molar-refractivity contribution in [3.05, 3.63) is 29.1 Å². The second-order valence-corrected chi connectivity index (χ2v) is 6.73. The molecule has 2 rings (SSSR count). The first-order valence-corrected chi connectivity index (χ1v) is 7.49. The van der Waals surface area contributed by atoms with E-state index < -0.39 is 23.5 Å². The van der Waals surface area contributed by atoms with Crippen molar-refractivity contribution in [3.63, 3.8) is 0 Å². The average molecular weight is 319 g/mol. The van der Waals surface area contributed by atoms with Gasteiger partial charge in [0, 0.05) is 18.0 Å². The van der Waals surface area contributed by atoms with E-state index in [-0.39, 0.29) is 17.3 Å². The number of rotatable bonds is 2. The van der Waals surface area contributed by atoms with Crippen LogP contribution in [0.5, 0.6) is 0 Å². The fourth-order valence-corrected chi connectivity index (χ4v) is 2.81. The fourth-order valence-electron chi connectivity index (χ4n) is 2.81. The third kappa shape index (κ3) is 3.41. The van der Waals surface area contributed by atoms with E-state index in [1.807, 2.05) is 6.92 Å². The van der Waals surface area contributed by atoms with Crippen LogP contribution in [0.4, 0.5) is 0 Å². The highest BCUT2D eigenvalue weighted by atomic mass is 16.6. The molecule has 0 spiro atoms. The Labute approximate surface area is 135 Å². The number of hydrogen-bond donors (Lipinski definition) is 0. The van der Waals surface area contributed by atoms with Crippen molar-refractivity contribution in [2.45, 2.75) is 45.6 Å². The molecule has 0 amide bonds. The largest absolute Gasteiger partial charge is 0.465 e. The molecular formula is C17H21NO5. The Balaban J connectivity index is 2.41. The number of aromatic nitrogens is 1. The summed E-state index contributed by atoms with van der Waals surface area (Å²) in [6, 6.07) is 0. The minimum Gasteiger partial charge on any atom is -0.465 e. The molecule has 0 saturated heterocycles. The molecule has 1 aliphatic rings. The Bertz CT molecular complexity index is 659. The number of esters is 2. The molecule has 124 valence electrons. The van der Waals surface area contributed by atoms with E-state index in [1.54, 1.807) is 20.8 Å². The van der Waals surface area contributed by atoms with Gasteiger partial charge in [0.25, 0.3) is 0 Å². The summed E-state index contributed by atoms with van der Waals surface area (Å²) in [5.41, 5.74) is 0.500. The maximum Gasteiger partial charge on any atom is 0.339 e. The highest BCUT2D eigenvalue weighted by molar-refractivity contribution is 6.11. The Kier molecular flexibility index (Phi) is 4.54. The van der Waals surface area contributed by atoms with E-state index in [4.69, 9.17) is 9.47 Å². The lowest BCUT2D eigenvalue weighted by Gasteiger charge is -2.30. The van der Waals surface area contributed by atoms with Crippen molar-refractivity contribution in [1.29, 1.82) is 0 Å². The van der Waals surface area contributed by atoms with Gasteiger partial charge in [0.15, 0.2) is 5.78 Å². The van der Waals surface area contributed by atoms with Gasteiger partial charge in [-0.05, 0) is 38.7 Å². The number of nitrogens with zero attached hydrogens (tertiary/aromatic N) is 1. The first-order valence-electron chi connectivity index (χ1n) is 7.49. The topological polar surface area (TPSA) is 82.6 Å². The van der Waals surface area contributed by atoms with Crippen LogP contribution in [0.25, 0.3) is 0 Å². The van der Waals surface area contributed by atoms with E-state index in [2.05, 4.69) is 4.98 Å². The Morgan fingerprint density at radius 2 is 1.91 bits per heavy atom. The Morgan fingerprint density at radius 3 is 2.48 bits per heavy atom. The van der Waals surface area contributed by atoms with Gasteiger partial charge in [-0.1, -0.05) is 6.92 Å². The van der Waals surface area contributed by atoms with Crippen LogP contribution in [0.15, 0.2) is 12.4 Å². The second-order valence-electron chi connectivity index (χ2n) is 6.73. The van der Waals surface area contributed by atoms with Gasteiger partial charge < -0.3 is 9.47 Å². The highest BCUT2D eigenvalue weighted by Gasteiger charge is 2.40. The number of fused-ring (bicyclic) bond motifs is 1. The number of hydrogen-bond acceptors (Lipinski definition) is 6. The van der Waals surface area contributed by atoms with Crippen molar-refractivity contribution in [1.82, 2.24) is 4.98 Å². The minimum absolute atomic E-state index is 0.155. The zero-order valence-corrected chi connectivity index (χ0v) is 14.0. The number of carbonyl (C=O) groups excluding carboxylic acids is 3. The fraction of sp³-hybridized carbons (Fsp3) is 0.529. The molecule has 2 atom stereocenters. The van der Waals surface area contributed by atoms with Crippen molar-refractivity contribution in [2.24, 2.45) is 5.92 Å². The average Bonchev–Trinajstić information content (AvgIpc) is 2.47. The zero-order valence-electron chi connectivity index (χ0n) is 14.0. The summed E-state index contributed by atoms with van der Waals surface area (Å²) in [5, 5.41) is 0. The van der Waals surface area contributed by atoms with Crippen LogP contribution in [0, 0.1) is 5.92 Å². The third-order valence-corrected chi connectivity index (χ3v) is 3.75. The molecule has 0 saturated carbocycles. The molecular weight excluding hydrogens is 298 g/mol. The minimum atomic E-state index is -0.869. The summed E-state index contributed by atoms with van der Waals surface area (Å²) in [5.74, 6) is -2.46. The summed E-state index contributed by atoms with van der Waals surface area (Å²) < 4.78 is 10.1. The van der Waals surface area contributed by atoms with Gasteiger partial charge in [-0.15, -0.1) is 0 Å². The van der Waals surface area contributed by atoms with Crippen molar-refractivity contribution in [3.8, 4) is 0 Å². The molecule has 0 fully saturated rings. The third-order valence-electron chi connectivity index (χ3n) is 3.75. The summed E-state index contributed by atoms with van der Waals surface area (Å²) in [6.07, 6.45) is 3.09. The van der Waals surface area contributed by atoms with E-state index in [9.17, 15) is 14.4 Å². The number of methoxy groups -OCH3 is 1. The van der Waals surface area contributed by atoms with Gasteiger partial charge >= 0.3 is 11.9 Å². The summed E-state index contributed by atoms with van der Waals surface area (Å²) >= 11 is 0. The van der Waals surface area contributed by atoms with Gasteiger partial charge in [0.2, 0.25) is 0 Å². The van der Waals surface area contributed by atoms with Gasteiger partial charge in [0.05, 0.1) is 12.7 Å². The molecule has 0 radical (unpaired) electrons. The maximum absolute atomic E-state index is 12.7. The maximum atomic E-state index is 12.7. The molecule has 0 aliphatic heterocycles. The quantitative estimate of drug-likeness (QED) is 0.615. The first kappa shape index (κ1) is 17.1. The number of ketones is 1. The normalized spacial score (nSPS) is 20.7. The molecule has 2 unspecified atom stereocenters. The molecule has 0 bridgehead atoms. The zero-order chi connectivity index (χ0) is 17.4. The molecule has 0 N–H and O–H groups in total. The number of carbonyl (C=O) groups is 3. The van der Waals surface area contributed by atoms with Crippen LogP contribution in [0.3, 0.4) is 0 Å². The van der Waals surface area contributed by atoms with Crippen LogP contribution in [-0.2, 0) is 14.3 Å². The lowest BCUT2D eigenvalue weighted by molar-refractivity contribution is -0.158. The van der Waals surface area contributed by atoms with Crippen molar-refractivity contribution < 1.29 is 23.9 Å². The van der Waals surface area contributed by atoms with Crippen LogP contribution >= 0.6 is 0 Å². The lowest BCUT2D eigenvalue weighted by Crippen LogP contribution is -2.37. The van der Waals surface area contributed by atoms with Gasteiger partial charge in [0.1, 0.15) is 11.5 Å². The van der Waals surface area contributed by atoms with E-state index in [0.29, 0.717) is 17.5 Å². The molecule has 6 heteroatoms. The standard InChI is InChI=1S/C17H21NO5/c1-9-6-10(16(21)23-17(2,3)4)14(19)11-7-18-8-12(13(9)11)15(20)22-5/h7-10H,6H2,1-5H3. The van der Waals surface area contributed by atoms with Crippen molar-refractivity contribution >= 4 is 17.7 Å². The van der Waals surface area contributed by atoms with Gasteiger partial charge in [-0.2, -0.15) is 0 Å². The number of Topliss-reactive ketones (excluding diaryl/α,β-unsaturated/α-hetero) is 1. The van der Waals surface area contributed by atoms with Gasteiger partial charge in [-0.25, -0.2) is 4.79 Å². The molecule has 1 aromatic rings. The Hall–Kier alpha value is -2.24. The van der Waals surface area contributed by atoms with E-state index in [0.717, 1.165) is 0 Å². The molecule has 1 aromatic heterocycles. The van der Waals surface area contributed by atoms with Gasteiger partial charge in [-0.3, -0.25) is 14.6 Å².